The normalized spacial score (nSPS) is 21.3. The quantitative estimate of drug-likeness (QED) is 0.0881. The molecule has 204 valence electrons. The van der Waals surface area contributed by atoms with Crippen molar-refractivity contribution in [3.05, 3.63) is 46.6 Å². The third kappa shape index (κ3) is 6.41. The van der Waals surface area contributed by atoms with E-state index in [9.17, 15) is 24.3 Å². The third-order valence-corrected chi connectivity index (χ3v) is 8.08. The molecule has 3 rings (SSSR count). The molecule has 1 saturated heterocycles. The number of hydrogen-bond acceptors (Lipinski definition) is 10. The lowest BCUT2D eigenvalue weighted by Gasteiger charge is -2.49. The van der Waals surface area contributed by atoms with E-state index in [0.717, 1.165) is 17.9 Å². The maximum Gasteiger partial charge on any atom is 0.352 e. The molecule has 6 N–H and O–H groups in total. The van der Waals surface area contributed by atoms with Gasteiger partial charge in [-0.05, 0) is 24.6 Å². The number of fused-ring (bicyclic) bond motifs is 1. The number of allylic oxidation sites excluding steroid dienone is 1. The van der Waals surface area contributed by atoms with Gasteiger partial charge in [0.05, 0.1) is 26.7 Å². The van der Waals surface area contributed by atoms with Crippen LogP contribution in [0.1, 0.15) is 12.6 Å². The van der Waals surface area contributed by atoms with Crippen molar-refractivity contribution in [3.63, 3.8) is 0 Å². The first kappa shape index (κ1) is 28.9. The first-order valence-corrected chi connectivity index (χ1v) is 13.4. The molecular formula is C23H30N7O6S2+. The van der Waals surface area contributed by atoms with Crippen molar-refractivity contribution in [1.82, 2.24) is 15.2 Å². The highest BCUT2D eigenvalue weighted by atomic mass is 32.2. The topological polar surface area (TPSA) is 190 Å². The zero-order valence-corrected chi connectivity index (χ0v) is 22.8. The van der Waals surface area contributed by atoms with Crippen LogP contribution in [-0.2, 0) is 24.0 Å². The summed E-state index contributed by atoms with van der Waals surface area (Å²) in [5.74, 6) is -2.65. The number of aliphatic carboxylic acids is 1. The van der Waals surface area contributed by atoms with Crippen molar-refractivity contribution in [2.45, 2.75) is 18.3 Å². The molecule has 0 aliphatic carbocycles. The second-order valence-electron chi connectivity index (χ2n) is 8.74. The fourth-order valence-corrected chi connectivity index (χ4v) is 5.74. The molecule has 13 nitrogen and oxygen atoms in total. The summed E-state index contributed by atoms with van der Waals surface area (Å²) in [7, 11) is 3.27. The lowest BCUT2D eigenvalue weighted by Crippen LogP contribution is -2.71. The van der Waals surface area contributed by atoms with Crippen molar-refractivity contribution in [1.29, 1.82) is 0 Å². The van der Waals surface area contributed by atoms with Crippen LogP contribution in [0.4, 0.5) is 5.13 Å². The number of primary amides is 1. The smallest absolute Gasteiger partial charge is 0.352 e. The Hall–Kier alpha value is -3.69. The number of carboxylic acids is 1. The van der Waals surface area contributed by atoms with Crippen molar-refractivity contribution >= 4 is 57.6 Å². The Morgan fingerprint density at radius 2 is 2.08 bits per heavy atom. The van der Waals surface area contributed by atoms with Crippen molar-refractivity contribution in [3.8, 4) is 0 Å². The number of amides is 3. The zero-order chi connectivity index (χ0) is 28.0. The number of aromatic nitrogens is 1. The standard InChI is InChI=1S/C23H29N7O6S2/c1-4-30(2,10-6-8-15(24)31)9-5-7-13-11-37-21-17(20(33)29(21)18(13)22(34)35)27-19(32)16(28-36-3)14-12-38-23(25)26-14/h5-8,12,17,21H,4,9-11H2,1-3H3,(H5-,24,25,26,27,31,32,34,35)/p+1/b7-5+,8-6+,28-16-/t17-,21-,30?/m1/s1. The second-order valence-corrected chi connectivity index (χ2v) is 10.7. The van der Waals surface area contributed by atoms with Gasteiger partial charge in [0.2, 0.25) is 5.91 Å². The van der Waals surface area contributed by atoms with Crippen molar-refractivity contribution in [2.24, 2.45) is 10.9 Å². The molecule has 1 aromatic rings. The average Bonchev–Trinajstić information content (AvgIpc) is 3.30. The van der Waals surface area contributed by atoms with Crippen LogP contribution in [0.15, 0.2) is 46.1 Å². The molecule has 2 aliphatic rings. The molecule has 1 aromatic heterocycles. The van der Waals surface area contributed by atoms with Gasteiger partial charge in [-0.2, -0.15) is 0 Å². The minimum absolute atomic E-state index is 0.113. The minimum atomic E-state index is -1.23. The van der Waals surface area contributed by atoms with Crippen LogP contribution in [-0.4, -0.2) is 99.8 Å². The predicted octanol–water partition coefficient (Wildman–Crippen LogP) is -0.121. The average molecular weight is 565 g/mol. The van der Waals surface area contributed by atoms with Crippen molar-refractivity contribution < 1.29 is 33.6 Å². The molecule has 2 aliphatic heterocycles. The van der Waals surface area contributed by atoms with Gasteiger partial charge in [0.25, 0.3) is 11.8 Å². The Bertz CT molecular complexity index is 1240. The minimum Gasteiger partial charge on any atom is -0.477 e. The summed E-state index contributed by atoms with van der Waals surface area (Å²) in [5, 5.41) is 17.4. The number of anilines is 1. The second kappa shape index (κ2) is 12.2. The van der Waals surface area contributed by atoms with E-state index < -0.39 is 35.1 Å². The molecule has 0 spiro atoms. The fourth-order valence-electron chi connectivity index (χ4n) is 3.88. The van der Waals surface area contributed by atoms with E-state index in [1.807, 2.05) is 20.0 Å². The molecule has 0 radical (unpaired) electrons. The van der Waals surface area contributed by atoms with E-state index in [0.29, 0.717) is 28.9 Å². The molecule has 0 bridgehead atoms. The van der Waals surface area contributed by atoms with Gasteiger partial charge < -0.3 is 31.2 Å². The highest BCUT2D eigenvalue weighted by molar-refractivity contribution is 8.00. The highest BCUT2D eigenvalue weighted by Gasteiger charge is 2.54. The van der Waals surface area contributed by atoms with Gasteiger partial charge in [0, 0.05) is 17.2 Å². The van der Waals surface area contributed by atoms with E-state index >= 15 is 0 Å². The van der Waals surface area contributed by atoms with Gasteiger partial charge in [-0.15, -0.1) is 23.1 Å². The Morgan fingerprint density at radius 3 is 2.66 bits per heavy atom. The Labute approximate surface area is 227 Å². The molecule has 0 aromatic carbocycles. The van der Waals surface area contributed by atoms with Gasteiger partial charge in [-0.1, -0.05) is 11.2 Å². The molecule has 3 amide bonds. The number of nitrogens with two attached hydrogens (primary N) is 2. The first-order chi connectivity index (χ1) is 18.0. The number of hydrogen-bond donors (Lipinski definition) is 4. The van der Waals surface area contributed by atoms with E-state index in [2.05, 4.69) is 15.5 Å². The van der Waals surface area contributed by atoms with Crippen LogP contribution < -0.4 is 16.8 Å². The zero-order valence-electron chi connectivity index (χ0n) is 21.1. The van der Waals surface area contributed by atoms with Gasteiger partial charge in [0.15, 0.2) is 10.8 Å². The summed E-state index contributed by atoms with van der Waals surface area (Å²) >= 11 is 2.47. The first-order valence-electron chi connectivity index (χ1n) is 11.5. The van der Waals surface area contributed by atoms with Gasteiger partial charge in [0.1, 0.15) is 29.9 Å². The molecule has 3 heterocycles. The number of quaternary nitrogens is 1. The lowest BCUT2D eigenvalue weighted by molar-refractivity contribution is -0.896. The monoisotopic (exact) mass is 564 g/mol. The molecular weight excluding hydrogens is 534 g/mol. The van der Waals surface area contributed by atoms with Gasteiger partial charge in [-0.25, -0.2) is 9.78 Å². The van der Waals surface area contributed by atoms with E-state index in [1.54, 1.807) is 12.2 Å². The van der Waals surface area contributed by atoms with Crippen LogP contribution in [0.2, 0.25) is 0 Å². The van der Waals surface area contributed by atoms with E-state index in [1.165, 1.54) is 35.2 Å². The number of nitrogens with zero attached hydrogens (tertiary/aromatic N) is 4. The summed E-state index contributed by atoms with van der Waals surface area (Å²) < 4.78 is 0.568. The number of likely N-dealkylation sites (N-methyl/N-ethyl adjacent to an activating group) is 1. The predicted molar refractivity (Wildman–Crippen MR) is 144 cm³/mol. The van der Waals surface area contributed by atoms with Gasteiger partial charge >= 0.3 is 5.97 Å². The van der Waals surface area contributed by atoms with Crippen LogP contribution in [0.25, 0.3) is 0 Å². The number of rotatable bonds is 12. The largest absolute Gasteiger partial charge is 0.477 e. The van der Waals surface area contributed by atoms with Crippen LogP contribution in [0.5, 0.6) is 0 Å². The van der Waals surface area contributed by atoms with Crippen LogP contribution in [0, 0.1) is 0 Å². The molecule has 3 atom stereocenters. The summed E-state index contributed by atoms with van der Waals surface area (Å²) in [4.78, 5) is 58.9. The Morgan fingerprint density at radius 1 is 1.37 bits per heavy atom. The number of carbonyl (C=O) groups is 4. The molecule has 0 saturated carbocycles. The Balaban J connectivity index is 1.74. The molecule has 15 heteroatoms. The lowest BCUT2D eigenvalue weighted by atomic mass is 10.0. The van der Waals surface area contributed by atoms with Crippen molar-refractivity contribution in [2.75, 3.05) is 45.3 Å². The number of carbonyl (C=O) groups excluding carboxylic acids is 3. The fraction of sp³-hybridized carbons (Fsp3) is 0.391. The number of oxime groups is 1. The SMILES string of the molecule is CC[N+](C)(C/C=C/C(N)=O)C/C=C/C1=C(C(=O)O)N2C(=O)[C@@H](NC(=O)/C(=N\OC)c3csc(N)n3)[C@H]2SC1. The van der Waals surface area contributed by atoms with E-state index in [4.69, 9.17) is 16.3 Å². The summed E-state index contributed by atoms with van der Waals surface area (Å²) in [5.41, 5.74) is 11.2. The number of carboxylic acid groups (broad SMARTS) is 1. The third-order valence-electron chi connectivity index (χ3n) is 6.11. The van der Waals surface area contributed by atoms with Gasteiger partial charge in [-0.3, -0.25) is 19.3 Å². The number of thioether (sulfide) groups is 1. The summed E-state index contributed by atoms with van der Waals surface area (Å²) in [6, 6.07) is -0.942. The highest BCUT2D eigenvalue weighted by Crippen LogP contribution is 2.40. The number of nitrogens with one attached hydrogen (secondary N) is 1. The molecule has 38 heavy (non-hydrogen) atoms. The number of β-lactam (4-membered cyclic amide) rings is 1. The summed E-state index contributed by atoms with van der Waals surface area (Å²) in [6.45, 7) is 3.91. The maximum absolute atomic E-state index is 13.0. The van der Waals surface area contributed by atoms with Crippen LogP contribution >= 0.6 is 23.1 Å². The Kier molecular flexibility index (Phi) is 9.30. The maximum atomic E-state index is 13.0. The number of nitrogen functional groups attached to an aromatic ring is 1. The summed E-state index contributed by atoms with van der Waals surface area (Å²) in [6.07, 6.45) is 6.60. The number of thiazole rings is 1. The molecule has 1 unspecified atom stereocenters. The van der Waals surface area contributed by atoms with E-state index in [-0.39, 0.29) is 22.2 Å². The van der Waals surface area contributed by atoms with Crippen LogP contribution in [0.3, 0.4) is 0 Å². The molecule has 1 fully saturated rings.